The fraction of sp³-hybridized carbons (Fsp3) is 0.846. The summed E-state index contributed by atoms with van der Waals surface area (Å²) in [6.45, 7) is 7.43. The van der Waals surface area contributed by atoms with E-state index < -0.39 is 6.04 Å². The fourth-order valence-electron chi connectivity index (χ4n) is 0.906. The van der Waals surface area contributed by atoms with Crippen molar-refractivity contribution in [3.8, 4) is 0 Å². The zero-order chi connectivity index (χ0) is 16.6. The van der Waals surface area contributed by atoms with Crippen molar-refractivity contribution in [3.63, 3.8) is 0 Å². The first-order chi connectivity index (χ1) is 9.40. The second-order valence-corrected chi connectivity index (χ2v) is 4.27. The van der Waals surface area contributed by atoms with Crippen LogP contribution in [0.5, 0.6) is 0 Å². The van der Waals surface area contributed by atoms with Gasteiger partial charge in [-0.25, -0.2) is 0 Å². The number of aliphatic hydroxyl groups is 1. The minimum absolute atomic E-state index is 0. The van der Waals surface area contributed by atoms with Crippen molar-refractivity contribution >= 4 is 12.2 Å². The van der Waals surface area contributed by atoms with Crippen molar-refractivity contribution < 1.29 is 57.0 Å². The minimum Gasteiger partial charge on any atom is -0.523 e. The van der Waals surface area contributed by atoms with Gasteiger partial charge in [0, 0.05) is 60.1 Å². The molecule has 0 aromatic rings. The van der Waals surface area contributed by atoms with Crippen LogP contribution in [-0.2, 0) is 51.9 Å². The number of amides is 1. The van der Waals surface area contributed by atoms with Crippen LogP contribution < -0.4 is 5.32 Å². The molecule has 1 atom stereocenters. The summed E-state index contributed by atoms with van der Waals surface area (Å²) in [4.78, 5) is 26.6. The molecular weight excluding hydrogens is 353 g/mol. The third kappa shape index (κ3) is 22.5. The molecule has 1 amide bonds. The van der Waals surface area contributed by atoms with Gasteiger partial charge < -0.3 is 30.3 Å². The second-order valence-electron chi connectivity index (χ2n) is 4.27. The normalized spacial score (nSPS) is 10.4. The molecule has 0 aliphatic rings. The molecule has 0 bridgehead atoms. The van der Waals surface area contributed by atoms with Gasteiger partial charge in [0.15, 0.2) is 0 Å². The Hall–Kier alpha value is 0.0839. The standard InChI is InChI=1S/C10H19N2O3.C2H6O.CH4O.Y/c1-7(2)9(12-15-8(3)4)10(14)11-5-6-13;1-3-2;1-2;/h6-9H,5H2,1-4H3,(H,11,14);1-2H3;2H,1H3;/q-1;;;. The van der Waals surface area contributed by atoms with E-state index in [1.165, 1.54) is 0 Å². The number of hydrogen-bond acceptors (Lipinski definition) is 5. The van der Waals surface area contributed by atoms with Crippen LogP contribution in [0.25, 0.3) is 5.48 Å². The number of carbonyl (C=O) groups excluding carboxylic acids is 2. The molecule has 125 valence electrons. The topological polar surface area (TPSA) is 99.0 Å². The monoisotopic (exact) mass is 382 g/mol. The third-order valence-electron chi connectivity index (χ3n) is 1.64. The van der Waals surface area contributed by atoms with Crippen LogP contribution in [0.4, 0.5) is 0 Å². The van der Waals surface area contributed by atoms with E-state index in [1.807, 2.05) is 27.7 Å². The smallest absolute Gasteiger partial charge is 0.204 e. The van der Waals surface area contributed by atoms with Gasteiger partial charge in [-0.05, 0) is 19.9 Å². The number of methoxy groups -OCH3 is 1. The molecule has 0 aromatic heterocycles. The van der Waals surface area contributed by atoms with Crippen LogP contribution in [0.3, 0.4) is 0 Å². The average Bonchev–Trinajstić information content (AvgIpc) is 2.39. The van der Waals surface area contributed by atoms with Crippen molar-refractivity contribution in [3.05, 3.63) is 5.48 Å². The predicted octanol–water partition coefficient (Wildman–Crippen LogP) is 0.908. The van der Waals surface area contributed by atoms with Crippen molar-refractivity contribution in [2.24, 2.45) is 5.92 Å². The Morgan fingerprint density at radius 2 is 1.67 bits per heavy atom. The van der Waals surface area contributed by atoms with Gasteiger partial charge in [0.25, 0.3) is 0 Å². The second kappa shape index (κ2) is 22.4. The van der Waals surface area contributed by atoms with Crippen LogP contribution in [0, 0.1) is 5.92 Å². The molecule has 8 heteroatoms. The van der Waals surface area contributed by atoms with Crippen molar-refractivity contribution in [1.29, 1.82) is 0 Å². The Morgan fingerprint density at radius 1 is 1.24 bits per heavy atom. The number of aliphatic hydroxyl groups excluding tert-OH is 1. The maximum atomic E-state index is 11.5. The van der Waals surface area contributed by atoms with Gasteiger partial charge in [0.1, 0.15) is 6.29 Å². The number of carbonyl (C=O) groups is 2. The first-order valence-corrected chi connectivity index (χ1v) is 6.32. The summed E-state index contributed by atoms with van der Waals surface area (Å²) in [5.41, 5.74) is 3.85. The van der Waals surface area contributed by atoms with Gasteiger partial charge in [0.05, 0.1) is 6.54 Å². The van der Waals surface area contributed by atoms with Crippen LogP contribution in [0.2, 0.25) is 0 Å². The number of ether oxygens (including phenoxy) is 1. The molecule has 0 rings (SSSR count). The molecule has 0 aromatic carbocycles. The molecule has 1 radical (unpaired) electrons. The zero-order valence-electron chi connectivity index (χ0n) is 14.1. The van der Waals surface area contributed by atoms with Gasteiger partial charge in [-0.1, -0.05) is 19.8 Å². The predicted molar refractivity (Wildman–Crippen MR) is 78.4 cm³/mol. The minimum atomic E-state index is -0.563. The Morgan fingerprint density at radius 3 is 1.95 bits per heavy atom. The summed E-state index contributed by atoms with van der Waals surface area (Å²) in [7, 11) is 4.25. The van der Waals surface area contributed by atoms with Crippen LogP contribution in [0.1, 0.15) is 27.7 Å². The summed E-state index contributed by atoms with van der Waals surface area (Å²) in [5, 5.41) is 9.46. The molecule has 0 saturated carbocycles. The summed E-state index contributed by atoms with van der Waals surface area (Å²) < 4.78 is 4.25. The molecule has 0 heterocycles. The maximum Gasteiger partial charge on any atom is 0.204 e. The molecule has 0 aliphatic heterocycles. The molecule has 21 heavy (non-hydrogen) atoms. The molecule has 2 N–H and O–H groups in total. The van der Waals surface area contributed by atoms with Crippen LogP contribution in [0.15, 0.2) is 0 Å². The maximum absolute atomic E-state index is 11.5. The number of nitrogens with zero attached hydrogens (tertiary/aromatic N) is 1. The van der Waals surface area contributed by atoms with E-state index in [2.05, 4.69) is 15.5 Å². The van der Waals surface area contributed by atoms with E-state index in [1.54, 1.807) is 14.2 Å². The molecule has 0 aliphatic carbocycles. The van der Waals surface area contributed by atoms with Gasteiger partial charge in [-0.2, -0.15) is 0 Å². The summed E-state index contributed by atoms with van der Waals surface area (Å²) in [5.74, 6) is -0.242. The Kier molecular flexibility index (Phi) is 31.0. The first-order valence-electron chi connectivity index (χ1n) is 6.32. The molecule has 0 fully saturated rings. The average molecular weight is 382 g/mol. The molecule has 0 saturated heterocycles. The largest absolute Gasteiger partial charge is 0.523 e. The van der Waals surface area contributed by atoms with Crippen LogP contribution in [-0.4, -0.2) is 57.3 Å². The van der Waals surface area contributed by atoms with Gasteiger partial charge in [-0.15, -0.1) is 0 Å². The van der Waals surface area contributed by atoms with E-state index in [4.69, 9.17) is 9.94 Å². The number of aldehydes is 1. The summed E-state index contributed by atoms with van der Waals surface area (Å²) >= 11 is 0. The van der Waals surface area contributed by atoms with Gasteiger partial charge in [0.2, 0.25) is 5.91 Å². The molecular formula is C13H29N2O5Y-. The zero-order valence-corrected chi connectivity index (χ0v) is 17.0. The van der Waals surface area contributed by atoms with Crippen molar-refractivity contribution in [2.75, 3.05) is 27.9 Å². The third-order valence-corrected chi connectivity index (χ3v) is 1.64. The van der Waals surface area contributed by atoms with Crippen molar-refractivity contribution in [2.45, 2.75) is 39.8 Å². The Bertz CT molecular complexity index is 229. The van der Waals surface area contributed by atoms with E-state index in [0.29, 0.717) is 6.29 Å². The number of hydroxylamine groups is 1. The quantitative estimate of drug-likeness (QED) is 0.504. The molecule has 7 nitrogen and oxygen atoms in total. The Labute approximate surface area is 153 Å². The number of hydrogen-bond donors (Lipinski definition) is 2. The SMILES string of the molecule is CC(C)O[N-]C(C(=O)NCC=O)C(C)C.CO.COC.[Y]. The molecule has 1 unspecified atom stereocenters. The van der Waals surface area contributed by atoms with Crippen LogP contribution >= 0.6 is 0 Å². The fourth-order valence-corrected chi connectivity index (χ4v) is 0.906. The van der Waals surface area contributed by atoms with E-state index in [-0.39, 0.29) is 57.2 Å². The first kappa shape index (κ1) is 29.1. The van der Waals surface area contributed by atoms with E-state index >= 15 is 0 Å². The van der Waals surface area contributed by atoms with E-state index in [0.717, 1.165) is 7.11 Å². The van der Waals surface area contributed by atoms with E-state index in [9.17, 15) is 9.59 Å². The summed E-state index contributed by atoms with van der Waals surface area (Å²) in [6, 6.07) is -0.563. The van der Waals surface area contributed by atoms with Gasteiger partial charge >= 0.3 is 0 Å². The van der Waals surface area contributed by atoms with Gasteiger partial charge in [-0.3, -0.25) is 4.79 Å². The number of rotatable bonds is 7. The summed E-state index contributed by atoms with van der Waals surface area (Å²) in [6.07, 6.45) is 0.587. The number of nitrogens with one attached hydrogen (secondary N) is 1. The molecule has 0 spiro atoms. The van der Waals surface area contributed by atoms with Crippen molar-refractivity contribution in [1.82, 2.24) is 5.32 Å². The Balaban J connectivity index is -0.000000212.